The van der Waals surface area contributed by atoms with Gasteiger partial charge < -0.3 is 14.8 Å². The van der Waals surface area contributed by atoms with Crippen molar-refractivity contribution in [2.45, 2.75) is 44.8 Å². The summed E-state index contributed by atoms with van der Waals surface area (Å²) in [6.07, 6.45) is 7.00. The van der Waals surface area contributed by atoms with Crippen LogP contribution >= 0.6 is 15.9 Å². The van der Waals surface area contributed by atoms with Crippen LogP contribution in [0.25, 0.3) is 0 Å². The summed E-state index contributed by atoms with van der Waals surface area (Å²) in [6.45, 7) is 2.51. The van der Waals surface area contributed by atoms with E-state index in [2.05, 4.69) is 27.3 Å². The molecule has 2 rings (SSSR count). The van der Waals surface area contributed by atoms with E-state index in [1.165, 1.54) is 37.7 Å². The molecule has 4 heteroatoms. The first kappa shape index (κ1) is 15.8. The minimum Gasteiger partial charge on any atom is -0.497 e. The van der Waals surface area contributed by atoms with E-state index in [1.807, 2.05) is 12.1 Å². The number of ether oxygens (including phenoxy) is 2. The standard InChI is InChI=1S/C16H24BrNO2/c1-19-15-7-8-16(17)13(11-15)12-18-9-10-20-14-5-3-2-4-6-14/h7-8,11,14,18H,2-6,9-10,12H2,1H3. The fourth-order valence-electron chi connectivity index (χ4n) is 2.57. The van der Waals surface area contributed by atoms with Gasteiger partial charge in [0.1, 0.15) is 5.75 Å². The third kappa shape index (κ3) is 5.08. The summed E-state index contributed by atoms with van der Waals surface area (Å²) in [5.41, 5.74) is 1.21. The second kappa shape index (κ2) is 8.65. The summed E-state index contributed by atoms with van der Waals surface area (Å²) in [5.74, 6) is 0.892. The zero-order valence-corrected chi connectivity index (χ0v) is 13.7. The molecule has 0 saturated heterocycles. The van der Waals surface area contributed by atoms with E-state index >= 15 is 0 Å². The number of hydrogen-bond acceptors (Lipinski definition) is 3. The molecule has 1 aromatic carbocycles. The smallest absolute Gasteiger partial charge is 0.119 e. The topological polar surface area (TPSA) is 30.5 Å². The molecular formula is C16H24BrNO2. The second-order valence-electron chi connectivity index (χ2n) is 5.26. The number of benzene rings is 1. The van der Waals surface area contributed by atoms with Crippen LogP contribution in [0.2, 0.25) is 0 Å². The van der Waals surface area contributed by atoms with Gasteiger partial charge in [-0.3, -0.25) is 0 Å². The van der Waals surface area contributed by atoms with Crippen molar-refractivity contribution in [3.8, 4) is 5.75 Å². The van der Waals surface area contributed by atoms with E-state index in [4.69, 9.17) is 9.47 Å². The molecule has 0 radical (unpaired) electrons. The van der Waals surface area contributed by atoms with Crippen molar-refractivity contribution >= 4 is 15.9 Å². The normalized spacial score (nSPS) is 16.3. The summed E-state index contributed by atoms with van der Waals surface area (Å²) in [5, 5.41) is 3.42. The first-order chi connectivity index (χ1) is 9.79. The third-order valence-corrected chi connectivity index (χ3v) is 4.53. The molecule has 3 nitrogen and oxygen atoms in total. The van der Waals surface area contributed by atoms with Crippen LogP contribution in [-0.2, 0) is 11.3 Å². The number of rotatable bonds is 7. The Bertz CT molecular complexity index is 405. The van der Waals surface area contributed by atoms with E-state index in [-0.39, 0.29) is 0 Å². The molecule has 1 aliphatic carbocycles. The quantitative estimate of drug-likeness (QED) is 0.763. The van der Waals surface area contributed by atoms with Crippen molar-refractivity contribution in [3.05, 3.63) is 28.2 Å². The highest BCUT2D eigenvalue weighted by molar-refractivity contribution is 9.10. The molecule has 1 N–H and O–H groups in total. The maximum absolute atomic E-state index is 5.90. The van der Waals surface area contributed by atoms with Crippen LogP contribution in [0, 0.1) is 0 Å². The fraction of sp³-hybridized carbons (Fsp3) is 0.625. The molecule has 20 heavy (non-hydrogen) atoms. The van der Waals surface area contributed by atoms with Gasteiger partial charge in [0.2, 0.25) is 0 Å². The molecule has 1 aromatic rings. The highest BCUT2D eigenvalue weighted by Crippen LogP contribution is 2.22. The second-order valence-corrected chi connectivity index (χ2v) is 6.12. The van der Waals surface area contributed by atoms with Gasteiger partial charge in [-0.15, -0.1) is 0 Å². The molecule has 0 amide bonds. The lowest BCUT2D eigenvalue weighted by Gasteiger charge is -2.22. The highest BCUT2D eigenvalue weighted by atomic mass is 79.9. The van der Waals surface area contributed by atoms with Crippen LogP contribution in [0.5, 0.6) is 5.75 Å². The first-order valence-electron chi connectivity index (χ1n) is 7.44. The van der Waals surface area contributed by atoms with Gasteiger partial charge in [-0.25, -0.2) is 0 Å². The van der Waals surface area contributed by atoms with Crippen molar-refractivity contribution in [1.29, 1.82) is 0 Å². The lowest BCUT2D eigenvalue weighted by molar-refractivity contribution is 0.0302. The van der Waals surface area contributed by atoms with Gasteiger partial charge in [-0.1, -0.05) is 35.2 Å². The van der Waals surface area contributed by atoms with E-state index in [0.717, 1.165) is 29.9 Å². The lowest BCUT2D eigenvalue weighted by atomic mass is 9.98. The SMILES string of the molecule is COc1ccc(Br)c(CNCCOC2CCCCC2)c1. The van der Waals surface area contributed by atoms with Gasteiger partial charge in [-0.2, -0.15) is 0 Å². The first-order valence-corrected chi connectivity index (χ1v) is 8.23. The Hall–Kier alpha value is -0.580. The van der Waals surface area contributed by atoms with Crippen LogP contribution in [0.4, 0.5) is 0 Å². The van der Waals surface area contributed by atoms with Gasteiger partial charge >= 0.3 is 0 Å². The molecule has 0 heterocycles. The van der Waals surface area contributed by atoms with Crippen LogP contribution in [0.15, 0.2) is 22.7 Å². The number of halogens is 1. The van der Waals surface area contributed by atoms with Crippen molar-refractivity contribution in [2.75, 3.05) is 20.3 Å². The molecule has 0 spiro atoms. The van der Waals surface area contributed by atoms with Gasteiger partial charge in [0.05, 0.1) is 19.8 Å². The van der Waals surface area contributed by atoms with Crippen molar-refractivity contribution in [2.24, 2.45) is 0 Å². The average Bonchev–Trinajstić information content (AvgIpc) is 2.50. The molecule has 0 unspecified atom stereocenters. The van der Waals surface area contributed by atoms with Crippen molar-refractivity contribution in [3.63, 3.8) is 0 Å². The van der Waals surface area contributed by atoms with Crippen LogP contribution in [-0.4, -0.2) is 26.4 Å². The number of methoxy groups -OCH3 is 1. The van der Waals surface area contributed by atoms with Crippen LogP contribution < -0.4 is 10.1 Å². The maximum Gasteiger partial charge on any atom is 0.119 e. The Morgan fingerprint density at radius 3 is 2.80 bits per heavy atom. The predicted molar refractivity (Wildman–Crippen MR) is 85.2 cm³/mol. The van der Waals surface area contributed by atoms with E-state index < -0.39 is 0 Å². The predicted octanol–water partition coefficient (Wildman–Crippen LogP) is 3.90. The van der Waals surface area contributed by atoms with E-state index in [0.29, 0.717) is 6.10 Å². The molecule has 1 fully saturated rings. The third-order valence-electron chi connectivity index (χ3n) is 3.75. The molecule has 1 saturated carbocycles. The molecule has 1 aliphatic rings. The van der Waals surface area contributed by atoms with E-state index in [9.17, 15) is 0 Å². The lowest BCUT2D eigenvalue weighted by Crippen LogP contribution is -2.24. The molecule has 0 bridgehead atoms. The minimum atomic E-state index is 0.495. The van der Waals surface area contributed by atoms with Crippen molar-refractivity contribution in [1.82, 2.24) is 5.32 Å². The Morgan fingerprint density at radius 2 is 2.05 bits per heavy atom. The Balaban J connectivity index is 1.65. The highest BCUT2D eigenvalue weighted by Gasteiger charge is 2.12. The zero-order valence-electron chi connectivity index (χ0n) is 12.2. The Labute approximate surface area is 130 Å². The minimum absolute atomic E-state index is 0.495. The Morgan fingerprint density at radius 1 is 1.25 bits per heavy atom. The maximum atomic E-state index is 5.90. The van der Waals surface area contributed by atoms with Crippen LogP contribution in [0.1, 0.15) is 37.7 Å². The van der Waals surface area contributed by atoms with Gasteiger partial charge in [-0.05, 0) is 36.6 Å². The number of hydrogen-bond donors (Lipinski definition) is 1. The molecule has 0 aliphatic heterocycles. The monoisotopic (exact) mass is 341 g/mol. The zero-order chi connectivity index (χ0) is 14.2. The van der Waals surface area contributed by atoms with E-state index in [1.54, 1.807) is 7.11 Å². The van der Waals surface area contributed by atoms with Gasteiger partial charge in [0.15, 0.2) is 0 Å². The molecule has 112 valence electrons. The molecule has 0 atom stereocenters. The summed E-state index contributed by atoms with van der Waals surface area (Å²) in [4.78, 5) is 0. The largest absolute Gasteiger partial charge is 0.497 e. The van der Waals surface area contributed by atoms with Crippen molar-refractivity contribution < 1.29 is 9.47 Å². The van der Waals surface area contributed by atoms with Crippen LogP contribution in [0.3, 0.4) is 0 Å². The van der Waals surface area contributed by atoms with Gasteiger partial charge in [0, 0.05) is 17.6 Å². The molecular weight excluding hydrogens is 318 g/mol. The fourth-order valence-corrected chi connectivity index (χ4v) is 2.95. The summed E-state index contributed by atoms with van der Waals surface area (Å²) in [6, 6.07) is 6.03. The summed E-state index contributed by atoms with van der Waals surface area (Å²) < 4.78 is 12.3. The summed E-state index contributed by atoms with van der Waals surface area (Å²) >= 11 is 3.56. The molecule has 0 aromatic heterocycles. The van der Waals surface area contributed by atoms with Gasteiger partial charge in [0.25, 0.3) is 0 Å². The average molecular weight is 342 g/mol. The Kier molecular flexibility index (Phi) is 6.83. The summed E-state index contributed by atoms with van der Waals surface area (Å²) in [7, 11) is 1.69. The number of nitrogens with one attached hydrogen (secondary N) is 1.